The topological polar surface area (TPSA) is 66.9 Å². The Hall–Kier alpha value is -2.57. The molecule has 0 aromatic heterocycles. The van der Waals surface area contributed by atoms with Crippen molar-refractivity contribution >= 4 is 41.0 Å². The van der Waals surface area contributed by atoms with Crippen LogP contribution in [0.5, 0.6) is 0 Å². The van der Waals surface area contributed by atoms with Gasteiger partial charge in [-0.2, -0.15) is 0 Å². The molecule has 4 rings (SSSR count). The van der Waals surface area contributed by atoms with Gasteiger partial charge in [-0.05, 0) is 72.9 Å². The number of esters is 1. The number of amides is 2. The molecule has 39 heavy (non-hydrogen) atoms. The Bertz CT molecular complexity index is 1190. The Morgan fingerprint density at radius 2 is 1.74 bits per heavy atom. The van der Waals surface area contributed by atoms with Crippen molar-refractivity contribution in [2.45, 2.75) is 58.3 Å². The van der Waals surface area contributed by atoms with E-state index < -0.39 is 0 Å². The number of piperidine rings is 1. The number of hydrogen-bond acceptors (Lipinski definition) is 4. The Balaban J connectivity index is 1.59. The van der Waals surface area contributed by atoms with Crippen LogP contribution in [0.2, 0.25) is 10.0 Å². The number of carbonyl (C=O) groups excluding carboxylic acids is 3. The molecule has 2 amide bonds. The fraction of sp³-hybridized carbons (Fsp3) is 0.516. The predicted octanol–water partition coefficient (Wildman–Crippen LogP) is 6.29. The van der Waals surface area contributed by atoms with Crippen LogP contribution in [-0.2, 0) is 19.1 Å². The molecular weight excluding hydrogens is 535 g/mol. The molecule has 210 valence electrons. The van der Waals surface area contributed by atoms with E-state index in [1.807, 2.05) is 47.4 Å². The molecule has 0 aliphatic carbocycles. The van der Waals surface area contributed by atoms with Gasteiger partial charge in [0.15, 0.2) is 0 Å². The van der Waals surface area contributed by atoms with Crippen molar-refractivity contribution in [3.8, 4) is 0 Å². The average Bonchev–Trinajstić information content (AvgIpc) is 2.99. The van der Waals surface area contributed by atoms with E-state index in [4.69, 9.17) is 27.9 Å². The van der Waals surface area contributed by atoms with Crippen molar-refractivity contribution in [2.24, 2.45) is 11.8 Å². The van der Waals surface area contributed by atoms with Crippen molar-refractivity contribution < 1.29 is 19.1 Å². The van der Waals surface area contributed by atoms with Gasteiger partial charge < -0.3 is 14.5 Å². The number of rotatable bonds is 8. The quantitative estimate of drug-likeness (QED) is 0.348. The second-order valence-electron chi connectivity index (χ2n) is 11.1. The second-order valence-corrected chi connectivity index (χ2v) is 11.9. The lowest BCUT2D eigenvalue weighted by Gasteiger charge is -2.34. The highest BCUT2D eigenvalue weighted by Gasteiger charge is 2.38. The van der Waals surface area contributed by atoms with Crippen LogP contribution in [0.4, 0.5) is 0 Å². The molecule has 2 unspecified atom stereocenters. The summed E-state index contributed by atoms with van der Waals surface area (Å²) in [6, 6.07) is 13.4. The van der Waals surface area contributed by atoms with Crippen molar-refractivity contribution in [1.29, 1.82) is 0 Å². The molecule has 1 saturated heterocycles. The Kier molecular flexibility index (Phi) is 9.95. The van der Waals surface area contributed by atoms with Gasteiger partial charge in [0.2, 0.25) is 11.8 Å². The zero-order valence-electron chi connectivity index (χ0n) is 23.0. The summed E-state index contributed by atoms with van der Waals surface area (Å²) in [4.78, 5) is 43.0. The van der Waals surface area contributed by atoms with Gasteiger partial charge in [0.25, 0.3) is 0 Å². The van der Waals surface area contributed by atoms with Gasteiger partial charge in [0.05, 0.1) is 19.1 Å². The van der Waals surface area contributed by atoms with Gasteiger partial charge in [-0.3, -0.25) is 14.4 Å². The fourth-order valence-corrected chi connectivity index (χ4v) is 6.35. The van der Waals surface area contributed by atoms with Gasteiger partial charge in [-0.15, -0.1) is 0 Å². The SMILES string of the molecule is CCOC(=O)CC1CCN(C(=O)CN2CC(c3ccccc3Cl)c3cc(Cl)ccc3C(CC(C)C)C2=O)CC1. The monoisotopic (exact) mass is 572 g/mol. The number of ether oxygens (including phenoxy) is 1. The summed E-state index contributed by atoms with van der Waals surface area (Å²) < 4.78 is 5.09. The molecule has 1 fully saturated rings. The molecule has 2 heterocycles. The van der Waals surface area contributed by atoms with E-state index in [9.17, 15) is 14.4 Å². The highest BCUT2D eigenvalue weighted by molar-refractivity contribution is 6.31. The summed E-state index contributed by atoms with van der Waals surface area (Å²) in [5.74, 6) is -0.360. The average molecular weight is 574 g/mol. The summed E-state index contributed by atoms with van der Waals surface area (Å²) in [6.45, 7) is 7.90. The van der Waals surface area contributed by atoms with Crippen molar-refractivity contribution in [3.63, 3.8) is 0 Å². The first kappa shape index (κ1) is 29.4. The Labute approximate surface area is 241 Å². The predicted molar refractivity (Wildman–Crippen MR) is 154 cm³/mol. The van der Waals surface area contributed by atoms with Gasteiger partial charge in [-0.25, -0.2) is 0 Å². The number of benzene rings is 2. The van der Waals surface area contributed by atoms with E-state index in [-0.39, 0.29) is 48.0 Å². The van der Waals surface area contributed by atoms with Crippen LogP contribution in [0, 0.1) is 11.8 Å². The van der Waals surface area contributed by atoms with E-state index in [1.165, 1.54) is 0 Å². The normalized spacial score (nSPS) is 20.1. The summed E-state index contributed by atoms with van der Waals surface area (Å²) >= 11 is 13.1. The van der Waals surface area contributed by atoms with Crippen LogP contribution in [0.1, 0.15) is 75.0 Å². The minimum Gasteiger partial charge on any atom is -0.466 e. The van der Waals surface area contributed by atoms with Crippen LogP contribution >= 0.6 is 23.2 Å². The summed E-state index contributed by atoms with van der Waals surface area (Å²) in [6.07, 6.45) is 2.56. The van der Waals surface area contributed by atoms with E-state index in [1.54, 1.807) is 11.8 Å². The molecule has 0 radical (unpaired) electrons. The largest absolute Gasteiger partial charge is 0.466 e. The van der Waals surface area contributed by atoms with Crippen LogP contribution in [-0.4, -0.2) is 60.4 Å². The van der Waals surface area contributed by atoms with E-state index in [2.05, 4.69) is 13.8 Å². The molecule has 2 aliphatic rings. The fourth-order valence-electron chi connectivity index (χ4n) is 5.90. The zero-order valence-corrected chi connectivity index (χ0v) is 24.5. The Morgan fingerprint density at radius 1 is 1.03 bits per heavy atom. The maximum Gasteiger partial charge on any atom is 0.306 e. The lowest BCUT2D eigenvalue weighted by Crippen LogP contribution is -2.47. The standard InChI is InChI=1S/C31H38Cl2N2O4/c1-4-39-30(37)16-21-11-13-34(14-12-21)29(36)19-35-18-27(24-7-5-6-8-28(24)33)25-17-22(32)9-10-23(25)26(31(35)38)15-20(2)3/h5-10,17,20-21,26-27H,4,11-16,18-19H2,1-3H3. The summed E-state index contributed by atoms with van der Waals surface area (Å²) in [5.41, 5.74) is 2.86. The van der Waals surface area contributed by atoms with E-state index in [0.717, 1.165) is 29.5 Å². The summed E-state index contributed by atoms with van der Waals surface area (Å²) in [5, 5.41) is 1.23. The molecular formula is C31H38Cl2N2O4. The molecule has 0 saturated carbocycles. The van der Waals surface area contributed by atoms with Crippen LogP contribution < -0.4 is 0 Å². The third-order valence-corrected chi connectivity index (χ3v) is 8.43. The van der Waals surface area contributed by atoms with E-state index >= 15 is 0 Å². The lowest BCUT2D eigenvalue weighted by molar-refractivity contribution is -0.145. The molecule has 2 aliphatic heterocycles. The number of likely N-dealkylation sites (tertiary alicyclic amines) is 1. The molecule has 0 N–H and O–H groups in total. The zero-order chi connectivity index (χ0) is 28.1. The maximum absolute atomic E-state index is 14.1. The highest BCUT2D eigenvalue weighted by Crippen LogP contribution is 2.42. The first-order valence-corrected chi connectivity index (χ1v) is 14.7. The van der Waals surface area contributed by atoms with Crippen LogP contribution in [0.25, 0.3) is 0 Å². The number of halogens is 2. The number of nitrogens with zero attached hydrogens (tertiary/aromatic N) is 2. The molecule has 6 nitrogen and oxygen atoms in total. The first-order valence-electron chi connectivity index (χ1n) is 13.9. The van der Waals surface area contributed by atoms with Gasteiger partial charge in [0.1, 0.15) is 0 Å². The van der Waals surface area contributed by atoms with Crippen LogP contribution in [0.15, 0.2) is 42.5 Å². The van der Waals surface area contributed by atoms with Gasteiger partial charge >= 0.3 is 5.97 Å². The maximum atomic E-state index is 14.1. The molecule has 0 bridgehead atoms. The highest BCUT2D eigenvalue weighted by atomic mass is 35.5. The molecule has 2 aromatic carbocycles. The summed E-state index contributed by atoms with van der Waals surface area (Å²) in [7, 11) is 0. The number of hydrogen-bond donors (Lipinski definition) is 0. The van der Waals surface area contributed by atoms with Gasteiger partial charge in [0, 0.05) is 42.0 Å². The number of fused-ring (bicyclic) bond motifs is 1. The second kappa shape index (κ2) is 13.2. The van der Waals surface area contributed by atoms with Gasteiger partial charge in [-0.1, -0.05) is 61.3 Å². The molecule has 8 heteroatoms. The van der Waals surface area contributed by atoms with Crippen molar-refractivity contribution in [3.05, 3.63) is 69.2 Å². The lowest BCUT2D eigenvalue weighted by atomic mass is 9.82. The molecule has 2 atom stereocenters. The smallest absolute Gasteiger partial charge is 0.306 e. The molecule has 2 aromatic rings. The number of carbonyl (C=O) groups is 3. The third kappa shape index (κ3) is 7.15. The van der Waals surface area contributed by atoms with Crippen LogP contribution in [0.3, 0.4) is 0 Å². The molecule has 0 spiro atoms. The minimum absolute atomic E-state index is 0.0125. The third-order valence-electron chi connectivity index (χ3n) is 7.85. The first-order chi connectivity index (χ1) is 18.7. The van der Waals surface area contributed by atoms with E-state index in [0.29, 0.717) is 49.1 Å². The Morgan fingerprint density at radius 3 is 2.41 bits per heavy atom. The van der Waals surface area contributed by atoms with Crippen molar-refractivity contribution in [1.82, 2.24) is 9.80 Å². The van der Waals surface area contributed by atoms with Crippen molar-refractivity contribution in [2.75, 3.05) is 32.8 Å². The minimum atomic E-state index is -0.368.